The molecule has 0 bridgehead atoms. The van der Waals surface area contributed by atoms with Crippen molar-refractivity contribution < 1.29 is 25.9 Å². The van der Waals surface area contributed by atoms with Crippen LogP contribution in [0.4, 0.5) is 11.4 Å². The minimum absolute atomic E-state index is 0.00820. The van der Waals surface area contributed by atoms with Gasteiger partial charge in [-0.2, -0.15) is 16.8 Å². The molecule has 7 rings (SSSR count). The molecule has 2 heterocycles. The summed E-state index contributed by atoms with van der Waals surface area (Å²) in [5.41, 5.74) is 7.64. The fourth-order valence-electron chi connectivity index (χ4n) is 9.64. The Morgan fingerprint density at radius 2 is 1.29 bits per heavy atom. The van der Waals surface area contributed by atoms with Crippen LogP contribution < -0.4 is 9.80 Å². The van der Waals surface area contributed by atoms with Crippen molar-refractivity contribution in [3.05, 3.63) is 130 Å². The van der Waals surface area contributed by atoms with E-state index in [0.29, 0.717) is 38.8 Å². The molecule has 3 aliphatic rings. The Balaban J connectivity index is 1.20. The van der Waals surface area contributed by atoms with Crippen molar-refractivity contribution in [3.63, 3.8) is 0 Å². The number of unbranched alkanes of at least 4 members (excludes halogenated alkanes) is 3. The van der Waals surface area contributed by atoms with E-state index in [1.165, 1.54) is 32.7 Å². The van der Waals surface area contributed by atoms with Crippen LogP contribution in [-0.4, -0.2) is 56.6 Å². The zero-order valence-corrected chi connectivity index (χ0v) is 36.3. The second kappa shape index (κ2) is 16.6. The lowest BCUT2D eigenvalue weighted by molar-refractivity contribution is 0.468. The number of nitrogens with zero attached hydrogens (tertiary/aromatic N) is 2. The van der Waals surface area contributed by atoms with Crippen LogP contribution in [0.3, 0.4) is 0 Å². The monoisotopic (exact) mass is 842 g/mol. The highest BCUT2D eigenvalue weighted by atomic mass is 35.5. The van der Waals surface area contributed by atoms with Gasteiger partial charge in [0.1, 0.15) is 0 Å². The molecule has 4 aromatic carbocycles. The van der Waals surface area contributed by atoms with E-state index in [4.69, 9.17) is 11.6 Å². The van der Waals surface area contributed by atoms with E-state index < -0.39 is 20.2 Å². The lowest BCUT2D eigenvalue weighted by atomic mass is 9.78. The van der Waals surface area contributed by atoms with Crippen molar-refractivity contribution in [2.45, 2.75) is 95.9 Å². The van der Waals surface area contributed by atoms with Crippen LogP contribution in [0.5, 0.6) is 0 Å². The molecule has 308 valence electrons. The number of allylic oxidation sites excluding steroid dienone is 7. The van der Waals surface area contributed by atoms with E-state index in [0.717, 1.165) is 58.9 Å². The highest BCUT2D eigenvalue weighted by Crippen LogP contribution is 2.52. The molecule has 0 aromatic heterocycles. The maximum Gasteiger partial charge on any atom is 0.264 e. The van der Waals surface area contributed by atoms with Gasteiger partial charge in [0.05, 0.1) is 17.5 Å². The molecule has 0 spiro atoms. The van der Waals surface area contributed by atoms with E-state index in [2.05, 4.69) is 135 Å². The quantitative estimate of drug-likeness (QED) is 0.0953. The van der Waals surface area contributed by atoms with Crippen LogP contribution in [0, 0.1) is 0 Å². The standard InChI is InChI=1S/C47H55ClN2O6S2/c1-46(2)41(49(29-10-5-12-31-57(51,52)53)39-25-21-33-15-6-8-19-37(33)43(39)46)27-23-35-17-14-18-36(45(35)48)24-28-42-47(3,4)44-38-20-9-7-16-34(38)22-26-40(44)50(42)30-11-13-32-58(54,55)56/h6-9,15-16,19-28,42H,5,10-14,17-18,29-32H2,1-4H3,(H,51,52,53)(H,54,55,56). The number of rotatable bonds is 14. The zero-order valence-electron chi connectivity index (χ0n) is 33.9. The molecule has 58 heavy (non-hydrogen) atoms. The van der Waals surface area contributed by atoms with Crippen LogP contribution in [-0.2, 0) is 31.1 Å². The Morgan fingerprint density at radius 1 is 0.707 bits per heavy atom. The first-order chi connectivity index (χ1) is 27.5. The van der Waals surface area contributed by atoms with Crippen molar-refractivity contribution in [2.75, 3.05) is 34.4 Å². The van der Waals surface area contributed by atoms with Crippen LogP contribution in [0.15, 0.2) is 119 Å². The minimum Gasteiger partial charge on any atom is -0.364 e. The topological polar surface area (TPSA) is 115 Å². The fourth-order valence-corrected chi connectivity index (χ4v) is 11.1. The summed E-state index contributed by atoms with van der Waals surface area (Å²) in [6.07, 6.45) is 14.4. The molecule has 11 heteroatoms. The molecule has 0 fully saturated rings. The summed E-state index contributed by atoms with van der Waals surface area (Å²) in [4.78, 5) is 4.77. The largest absolute Gasteiger partial charge is 0.364 e. The van der Waals surface area contributed by atoms with Gasteiger partial charge in [0.25, 0.3) is 20.2 Å². The summed E-state index contributed by atoms with van der Waals surface area (Å²) < 4.78 is 64.4. The molecule has 0 amide bonds. The van der Waals surface area contributed by atoms with Gasteiger partial charge >= 0.3 is 0 Å². The first-order valence-corrected chi connectivity index (χ1v) is 24.0. The predicted molar refractivity (Wildman–Crippen MR) is 240 cm³/mol. The Hall–Kier alpha value is -3.93. The summed E-state index contributed by atoms with van der Waals surface area (Å²) in [5, 5.41) is 5.58. The molecule has 8 nitrogen and oxygen atoms in total. The van der Waals surface area contributed by atoms with Crippen LogP contribution in [0.1, 0.15) is 90.2 Å². The van der Waals surface area contributed by atoms with Crippen molar-refractivity contribution in [3.8, 4) is 0 Å². The van der Waals surface area contributed by atoms with Gasteiger partial charge < -0.3 is 9.80 Å². The summed E-state index contributed by atoms with van der Waals surface area (Å²) >= 11 is 7.32. The molecule has 2 aliphatic heterocycles. The van der Waals surface area contributed by atoms with Crippen molar-refractivity contribution in [1.29, 1.82) is 0 Å². The Kier molecular flexibility index (Phi) is 12.1. The number of hydrogen-bond donors (Lipinski definition) is 2. The summed E-state index contributed by atoms with van der Waals surface area (Å²) in [6, 6.07) is 25.6. The average molecular weight is 844 g/mol. The lowest BCUT2D eigenvalue weighted by Crippen LogP contribution is -2.40. The molecule has 1 aliphatic carbocycles. The summed E-state index contributed by atoms with van der Waals surface area (Å²) in [5.74, 6) is -0.481. The normalized spacial score (nSPS) is 20.6. The van der Waals surface area contributed by atoms with Gasteiger partial charge in [-0.05, 0) is 107 Å². The maximum absolute atomic E-state index is 11.5. The predicted octanol–water partition coefficient (Wildman–Crippen LogP) is 11.0. The highest BCUT2D eigenvalue weighted by molar-refractivity contribution is 7.86. The summed E-state index contributed by atoms with van der Waals surface area (Å²) in [7, 11) is -8.01. The molecule has 0 radical (unpaired) electrons. The molecule has 2 N–H and O–H groups in total. The van der Waals surface area contributed by atoms with E-state index in [1.807, 2.05) is 0 Å². The van der Waals surface area contributed by atoms with E-state index in [9.17, 15) is 25.9 Å². The third kappa shape index (κ3) is 8.68. The number of fused-ring (bicyclic) bond motifs is 6. The SMILES string of the molecule is CC1(C)C(=CC=C2CCCC(C=CC3N(CCCCS(=O)(=O)O)c4ccc5ccccc5c4C3(C)C)=C2Cl)N(CCCCCS(=O)(=O)O)c2ccc3ccccc3c21. The van der Waals surface area contributed by atoms with Gasteiger partial charge in [-0.15, -0.1) is 0 Å². The minimum atomic E-state index is -4.03. The number of anilines is 2. The van der Waals surface area contributed by atoms with Crippen LogP contribution in [0.25, 0.3) is 21.5 Å². The molecule has 1 unspecified atom stereocenters. The number of halogens is 1. The first-order valence-electron chi connectivity index (χ1n) is 20.4. The Labute approximate surface area is 349 Å². The smallest absolute Gasteiger partial charge is 0.264 e. The molecular weight excluding hydrogens is 788 g/mol. The molecule has 0 saturated carbocycles. The van der Waals surface area contributed by atoms with Crippen LogP contribution >= 0.6 is 11.6 Å². The van der Waals surface area contributed by atoms with Crippen molar-refractivity contribution in [1.82, 2.24) is 0 Å². The van der Waals surface area contributed by atoms with Gasteiger partial charge in [-0.1, -0.05) is 125 Å². The Bertz CT molecular complexity index is 2570. The molecule has 4 aromatic rings. The van der Waals surface area contributed by atoms with Gasteiger partial charge in [0, 0.05) is 46.0 Å². The van der Waals surface area contributed by atoms with Gasteiger partial charge in [-0.25, -0.2) is 0 Å². The van der Waals surface area contributed by atoms with Crippen LogP contribution in [0.2, 0.25) is 0 Å². The third-order valence-corrected chi connectivity index (χ3v) is 14.5. The molecule has 1 atom stereocenters. The van der Waals surface area contributed by atoms with Gasteiger partial charge in [0.15, 0.2) is 0 Å². The zero-order chi connectivity index (χ0) is 41.5. The van der Waals surface area contributed by atoms with Crippen molar-refractivity contribution in [2.24, 2.45) is 0 Å². The second-order valence-electron chi connectivity index (χ2n) is 17.1. The van der Waals surface area contributed by atoms with Crippen molar-refractivity contribution >= 4 is 64.8 Å². The average Bonchev–Trinajstić information content (AvgIpc) is 3.52. The lowest BCUT2D eigenvalue weighted by Gasteiger charge is -2.33. The highest BCUT2D eigenvalue weighted by Gasteiger charge is 2.44. The maximum atomic E-state index is 11.5. The van der Waals surface area contributed by atoms with E-state index >= 15 is 0 Å². The first kappa shape index (κ1) is 42.2. The van der Waals surface area contributed by atoms with E-state index in [-0.39, 0.29) is 28.4 Å². The van der Waals surface area contributed by atoms with Gasteiger partial charge in [0.2, 0.25) is 0 Å². The summed E-state index contributed by atoms with van der Waals surface area (Å²) in [6.45, 7) is 10.5. The second-order valence-corrected chi connectivity index (χ2v) is 20.7. The molecular formula is C47H55ClN2O6S2. The van der Waals surface area contributed by atoms with E-state index in [1.54, 1.807) is 0 Å². The number of benzene rings is 4. The van der Waals surface area contributed by atoms with Gasteiger partial charge in [-0.3, -0.25) is 9.11 Å². The number of hydrogen-bond acceptors (Lipinski definition) is 6. The molecule has 0 saturated heterocycles. The third-order valence-electron chi connectivity index (χ3n) is 12.4. The fraction of sp³-hybridized carbons (Fsp3) is 0.404. The Morgan fingerprint density at radius 3 is 1.95 bits per heavy atom.